The topological polar surface area (TPSA) is 71.2 Å². The van der Waals surface area contributed by atoms with Gasteiger partial charge in [0.2, 0.25) is 17.8 Å². The lowest BCUT2D eigenvalue weighted by Gasteiger charge is -2.21. The van der Waals surface area contributed by atoms with Gasteiger partial charge in [-0.1, -0.05) is 13.8 Å². The Bertz CT molecular complexity index is 421. The minimum Gasteiger partial charge on any atom is -0.368 e. The zero-order valence-electron chi connectivity index (χ0n) is 12.3. The Kier molecular flexibility index (Phi) is 4.07. The molecule has 1 fully saturated rings. The van der Waals surface area contributed by atoms with E-state index in [0.29, 0.717) is 29.7 Å². The third-order valence-electron chi connectivity index (χ3n) is 3.95. The van der Waals surface area contributed by atoms with Crippen LogP contribution in [0.2, 0.25) is 0 Å². The smallest absolute Gasteiger partial charge is 0.231 e. The van der Waals surface area contributed by atoms with Gasteiger partial charge in [0.25, 0.3) is 0 Å². The summed E-state index contributed by atoms with van der Waals surface area (Å²) in [6.07, 6.45) is 0. The lowest BCUT2D eigenvalue weighted by molar-refractivity contribution is 0.494. The second-order valence-electron chi connectivity index (χ2n) is 5.33. The van der Waals surface area contributed by atoms with Crippen molar-refractivity contribution in [2.24, 2.45) is 11.8 Å². The summed E-state index contributed by atoms with van der Waals surface area (Å²) in [5, 5.41) is 0. The Morgan fingerprint density at radius 3 is 2.21 bits per heavy atom. The normalized spacial score (nSPS) is 22.8. The Morgan fingerprint density at radius 2 is 1.68 bits per heavy atom. The zero-order chi connectivity index (χ0) is 14.0. The average Bonchev–Trinajstić information content (AvgIpc) is 2.71. The van der Waals surface area contributed by atoms with Gasteiger partial charge in [-0.2, -0.15) is 15.0 Å². The van der Waals surface area contributed by atoms with E-state index < -0.39 is 0 Å². The number of nitrogens with two attached hydrogens (primary N) is 1. The highest BCUT2D eigenvalue weighted by atomic mass is 15.4. The van der Waals surface area contributed by atoms with Crippen molar-refractivity contribution in [3.05, 3.63) is 0 Å². The van der Waals surface area contributed by atoms with Gasteiger partial charge in [-0.15, -0.1) is 0 Å². The number of nitrogen functional groups attached to an aromatic ring is 1. The summed E-state index contributed by atoms with van der Waals surface area (Å²) in [4.78, 5) is 17.4. The molecule has 1 aromatic heterocycles. The molecule has 2 heterocycles. The summed E-state index contributed by atoms with van der Waals surface area (Å²) >= 11 is 0. The summed E-state index contributed by atoms with van der Waals surface area (Å²) < 4.78 is 0. The molecule has 0 amide bonds. The Hall–Kier alpha value is -1.59. The van der Waals surface area contributed by atoms with Crippen LogP contribution in [0.5, 0.6) is 0 Å². The van der Waals surface area contributed by atoms with Crippen LogP contribution in [0.3, 0.4) is 0 Å². The van der Waals surface area contributed by atoms with Crippen molar-refractivity contribution in [1.29, 1.82) is 0 Å². The Balaban J connectivity index is 2.26. The summed E-state index contributed by atoms with van der Waals surface area (Å²) in [5.41, 5.74) is 5.83. The Labute approximate surface area is 115 Å². The van der Waals surface area contributed by atoms with E-state index in [4.69, 9.17) is 5.73 Å². The van der Waals surface area contributed by atoms with Gasteiger partial charge in [-0.05, 0) is 25.7 Å². The van der Waals surface area contributed by atoms with Crippen LogP contribution in [0, 0.1) is 11.8 Å². The minimum atomic E-state index is 0.305. The van der Waals surface area contributed by atoms with Crippen LogP contribution in [0.15, 0.2) is 0 Å². The number of hydrogen-bond acceptors (Lipinski definition) is 6. The molecule has 1 saturated heterocycles. The van der Waals surface area contributed by atoms with Gasteiger partial charge in [-0.25, -0.2) is 0 Å². The molecule has 2 N–H and O–H groups in total. The third-order valence-corrected chi connectivity index (χ3v) is 3.95. The monoisotopic (exact) mass is 264 g/mol. The standard InChI is InChI=1S/C13H24N6/c1-5-18(6-2)12-15-11(14)16-13(17-12)19-7-9(3)10(4)8-19/h9-10H,5-8H2,1-4H3,(H2,14,15,16,17). The van der Waals surface area contributed by atoms with Crippen molar-refractivity contribution in [3.8, 4) is 0 Å². The molecule has 0 saturated carbocycles. The first-order valence-electron chi connectivity index (χ1n) is 7.06. The molecule has 0 spiro atoms. The SMILES string of the molecule is CCN(CC)c1nc(N)nc(N2CC(C)C(C)C2)n1. The Morgan fingerprint density at radius 1 is 1.11 bits per heavy atom. The fourth-order valence-corrected chi connectivity index (χ4v) is 2.45. The highest BCUT2D eigenvalue weighted by Gasteiger charge is 2.28. The second-order valence-corrected chi connectivity index (χ2v) is 5.33. The van der Waals surface area contributed by atoms with Crippen molar-refractivity contribution in [2.45, 2.75) is 27.7 Å². The van der Waals surface area contributed by atoms with Gasteiger partial charge < -0.3 is 15.5 Å². The van der Waals surface area contributed by atoms with E-state index in [2.05, 4.69) is 52.4 Å². The second kappa shape index (κ2) is 5.59. The van der Waals surface area contributed by atoms with Crippen LogP contribution in [-0.2, 0) is 0 Å². The van der Waals surface area contributed by atoms with Crippen molar-refractivity contribution >= 4 is 17.8 Å². The van der Waals surface area contributed by atoms with Crippen molar-refractivity contribution in [3.63, 3.8) is 0 Å². The predicted octanol–water partition coefficient (Wildman–Crippen LogP) is 1.39. The molecule has 2 rings (SSSR count). The van der Waals surface area contributed by atoms with Crippen molar-refractivity contribution < 1.29 is 0 Å². The van der Waals surface area contributed by atoms with Crippen molar-refractivity contribution in [1.82, 2.24) is 15.0 Å². The highest BCUT2D eigenvalue weighted by molar-refractivity contribution is 5.44. The van der Waals surface area contributed by atoms with Gasteiger partial charge in [0.1, 0.15) is 0 Å². The fourth-order valence-electron chi connectivity index (χ4n) is 2.45. The lowest BCUT2D eigenvalue weighted by atomic mass is 10.0. The molecule has 1 aliphatic heterocycles. The molecule has 2 atom stereocenters. The van der Waals surface area contributed by atoms with E-state index in [9.17, 15) is 0 Å². The van der Waals surface area contributed by atoms with Crippen molar-refractivity contribution in [2.75, 3.05) is 41.7 Å². The average molecular weight is 264 g/mol. The first kappa shape index (κ1) is 13.8. The van der Waals surface area contributed by atoms with E-state index in [1.54, 1.807) is 0 Å². The predicted molar refractivity (Wildman–Crippen MR) is 78.3 cm³/mol. The summed E-state index contributed by atoms with van der Waals surface area (Å²) in [6, 6.07) is 0. The lowest BCUT2D eigenvalue weighted by Crippen LogP contribution is -2.28. The fraction of sp³-hybridized carbons (Fsp3) is 0.769. The molecule has 6 heteroatoms. The summed E-state index contributed by atoms with van der Waals surface area (Å²) in [6.45, 7) is 12.4. The molecule has 0 aliphatic carbocycles. The largest absolute Gasteiger partial charge is 0.368 e. The number of anilines is 3. The molecule has 1 aromatic rings. The minimum absolute atomic E-state index is 0.305. The summed E-state index contributed by atoms with van der Waals surface area (Å²) in [5.74, 6) is 3.02. The molecule has 19 heavy (non-hydrogen) atoms. The highest BCUT2D eigenvalue weighted by Crippen LogP contribution is 2.26. The maximum absolute atomic E-state index is 5.83. The first-order valence-corrected chi connectivity index (χ1v) is 7.06. The van der Waals surface area contributed by atoms with Crippen LogP contribution in [-0.4, -0.2) is 41.1 Å². The first-order chi connectivity index (χ1) is 9.05. The quantitative estimate of drug-likeness (QED) is 0.886. The molecule has 1 aliphatic rings. The third kappa shape index (κ3) is 2.88. The van der Waals surface area contributed by atoms with Gasteiger partial charge in [0.15, 0.2) is 0 Å². The number of hydrogen-bond donors (Lipinski definition) is 1. The van der Waals surface area contributed by atoms with Crippen LogP contribution in [0.4, 0.5) is 17.8 Å². The molecule has 2 unspecified atom stereocenters. The van der Waals surface area contributed by atoms with E-state index in [1.165, 1.54) is 0 Å². The van der Waals surface area contributed by atoms with Gasteiger partial charge in [0.05, 0.1) is 0 Å². The molecule has 0 aromatic carbocycles. The van der Waals surface area contributed by atoms with Crippen LogP contribution < -0.4 is 15.5 Å². The van der Waals surface area contributed by atoms with Crippen LogP contribution in [0.25, 0.3) is 0 Å². The maximum atomic E-state index is 5.83. The molecular formula is C13H24N6. The van der Waals surface area contributed by atoms with Crippen LogP contribution in [0.1, 0.15) is 27.7 Å². The molecule has 6 nitrogen and oxygen atoms in total. The van der Waals surface area contributed by atoms with E-state index in [0.717, 1.165) is 26.2 Å². The molecule has 106 valence electrons. The van der Waals surface area contributed by atoms with E-state index >= 15 is 0 Å². The summed E-state index contributed by atoms with van der Waals surface area (Å²) in [7, 11) is 0. The van der Waals surface area contributed by atoms with E-state index in [1.807, 2.05) is 0 Å². The van der Waals surface area contributed by atoms with Gasteiger partial charge >= 0.3 is 0 Å². The van der Waals surface area contributed by atoms with E-state index in [-0.39, 0.29) is 0 Å². The van der Waals surface area contributed by atoms with Crippen LogP contribution >= 0.6 is 0 Å². The van der Waals surface area contributed by atoms with Gasteiger partial charge in [-0.3, -0.25) is 0 Å². The number of nitrogens with zero attached hydrogens (tertiary/aromatic N) is 5. The number of aromatic nitrogens is 3. The van der Waals surface area contributed by atoms with Gasteiger partial charge in [0, 0.05) is 26.2 Å². The molecular weight excluding hydrogens is 240 g/mol. The maximum Gasteiger partial charge on any atom is 0.231 e. The molecule has 0 radical (unpaired) electrons. The molecule has 0 bridgehead atoms. The zero-order valence-corrected chi connectivity index (χ0v) is 12.3. The number of rotatable bonds is 4.